The van der Waals surface area contributed by atoms with Gasteiger partial charge in [0.05, 0.1) is 49.1 Å². The minimum atomic E-state index is -0.110. The number of hydrogen-bond donors (Lipinski definition) is 0. The number of rotatable bonds is 4. The van der Waals surface area contributed by atoms with Crippen molar-refractivity contribution in [1.82, 2.24) is 24.6 Å². The molecule has 1 fully saturated rings. The highest BCUT2D eigenvalue weighted by Gasteiger charge is 2.24. The van der Waals surface area contributed by atoms with Crippen LogP contribution >= 0.6 is 0 Å². The molecule has 0 radical (unpaired) electrons. The van der Waals surface area contributed by atoms with E-state index in [-0.39, 0.29) is 12.0 Å². The van der Waals surface area contributed by atoms with Crippen molar-refractivity contribution in [2.75, 3.05) is 33.4 Å². The second-order valence-electron chi connectivity index (χ2n) is 8.36. The summed E-state index contributed by atoms with van der Waals surface area (Å²) in [6.45, 7) is 4.00. The van der Waals surface area contributed by atoms with E-state index in [0.29, 0.717) is 43.6 Å². The first-order valence-corrected chi connectivity index (χ1v) is 11.1. The van der Waals surface area contributed by atoms with Gasteiger partial charge in [0.2, 0.25) is 0 Å². The molecule has 0 saturated carbocycles. The number of benzene rings is 1. The molecule has 0 unspecified atom stereocenters. The molecule has 8 nitrogen and oxygen atoms in total. The van der Waals surface area contributed by atoms with Crippen LogP contribution in [-0.4, -0.2) is 70.1 Å². The number of carbonyl (C=O) groups is 1. The summed E-state index contributed by atoms with van der Waals surface area (Å²) in [5.74, 6) is 0.367. The summed E-state index contributed by atoms with van der Waals surface area (Å²) < 4.78 is 12.8. The number of nitrogens with zero attached hydrogens (tertiary/aromatic N) is 5. The zero-order chi connectivity index (χ0) is 22.1. The van der Waals surface area contributed by atoms with Crippen molar-refractivity contribution in [3.05, 3.63) is 59.0 Å². The third kappa shape index (κ3) is 3.91. The first-order chi connectivity index (χ1) is 15.6. The smallest absolute Gasteiger partial charge is 0.257 e. The van der Waals surface area contributed by atoms with E-state index in [2.05, 4.69) is 28.3 Å². The summed E-state index contributed by atoms with van der Waals surface area (Å²) in [5.41, 5.74) is 5.80. The van der Waals surface area contributed by atoms with E-state index < -0.39 is 0 Å². The van der Waals surface area contributed by atoms with Gasteiger partial charge in [0.15, 0.2) is 0 Å². The molecule has 0 bridgehead atoms. The maximum Gasteiger partial charge on any atom is 0.257 e. The SMILES string of the molecule is Cc1c(C(=O)N(C)C[C@H]2COCCO2)cnn1-c1ncc2c(n1)-c1ccccc1CCC2. The van der Waals surface area contributed by atoms with Gasteiger partial charge in [0.25, 0.3) is 11.9 Å². The number of amides is 1. The topological polar surface area (TPSA) is 82.4 Å². The first-order valence-electron chi connectivity index (χ1n) is 11.1. The van der Waals surface area contributed by atoms with Crippen LogP contribution in [0, 0.1) is 6.92 Å². The lowest BCUT2D eigenvalue weighted by Crippen LogP contribution is -2.40. The van der Waals surface area contributed by atoms with Crippen molar-refractivity contribution >= 4 is 5.91 Å². The summed E-state index contributed by atoms with van der Waals surface area (Å²) in [7, 11) is 1.77. The van der Waals surface area contributed by atoms with Gasteiger partial charge in [-0.25, -0.2) is 14.6 Å². The number of carbonyl (C=O) groups excluding carboxylic acids is 1. The lowest BCUT2D eigenvalue weighted by Gasteiger charge is -2.27. The summed E-state index contributed by atoms with van der Waals surface area (Å²) in [6, 6.07) is 8.40. The third-order valence-corrected chi connectivity index (χ3v) is 6.16. The van der Waals surface area contributed by atoms with Crippen LogP contribution in [0.4, 0.5) is 0 Å². The van der Waals surface area contributed by atoms with E-state index in [1.807, 2.05) is 19.2 Å². The molecule has 3 heterocycles. The number of aryl methyl sites for hydroxylation is 2. The predicted molar refractivity (Wildman–Crippen MR) is 119 cm³/mol. The predicted octanol–water partition coefficient (Wildman–Crippen LogP) is 2.61. The molecule has 166 valence electrons. The van der Waals surface area contributed by atoms with Crippen molar-refractivity contribution in [2.24, 2.45) is 0 Å². The second-order valence-corrected chi connectivity index (χ2v) is 8.36. The molecule has 0 N–H and O–H groups in total. The van der Waals surface area contributed by atoms with Crippen molar-refractivity contribution in [2.45, 2.75) is 32.3 Å². The van der Waals surface area contributed by atoms with Crippen LogP contribution in [0.5, 0.6) is 0 Å². The fourth-order valence-electron chi connectivity index (χ4n) is 4.41. The monoisotopic (exact) mass is 433 g/mol. The van der Waals surface area contributed by atoms with Gasteiger partial charge in [0.1, 0.15) is 0 Å². The lowest BCUT2D eigenvalue weighted by molar-refractivity contribution is -0.0933. The van der Waals surface area contributed by atoms with E-state index in [4.69, 9.17) is 14.5 Å². The average molecular weight is 434 g/mol. The molecular weight excluding hydrogens is 406 g/mol. The summed E-state index contributed by atoms with van der Waals surface area (Å²) in [6.07, 6.45) is 6.44. The Hall–Kier alpha value is -3.10. The van der Waals surface area contributed by atoms with Crippen LogP contribution in [0.1, 0.15) is 33.6 Å². The van der Waals surface area contributed by atoms with Crippen LogP contribution in [0.25, 0.3) is 17.2 Å². The summed E-state index contributed by atoms with van der Waals surface area (Å²) >= 11 is 0. The maximum atomic E-state index is 13.1. The van der Waals surface area contributed by atoms with Gasteiger partial charge in [-0.3, -0.25) is 4.79 Å². The van der Waals surface area contributed by atoms with Crippen LogP contribution in [0.3, 0.4) is 0 Å². The molecule has 2 aliphatic rings. The molecule has 8 heteroatoms. The highest BCUT2D eigenvalue weighted by molar-refractivity contribution is 5.95. The Morgan fingerprint density at radius 1 is 1.19 bits per heavy atom. The van der Waals surface area contributed by atoms with E-state index in [1.54, 1.807) is 22.8 Å². The van der Waals surface area contributed by atoms with Crippen LogP contribution in [0.2, 0.25) is 0 Å². The Morgan fingerprint density at radius 2 is 2.03 bits per heavy atom. The van der Waals surface area contributed by atoms with Gasteiger partial charge < -0.3 is 14.4 Å². The van der Waals surface area contributed by atoms with Crippen LogP contribution in [-0.2, 0) is 22.3 Å². The lowest BCUT2D eigenvalue weighted by atomic mass is 10.0. The van der Waals surface area contributed by atoms with Gasteiger partial charge in [-0.05, 0) is 37.3 Å². The molecule has 1 aliphatic carbocycles. The number of aromatic nitrogens is 4. The molecule has 32 heavy (non-hydrogen) atoms. The van der Waals surface area contributed by atoms with Gasteiger partial charge in [-0.15, -0.1) is 0 Å². The maximum absolute atomic E-state index is 13.1. The standard InChI is InChI=1S/C24H27N5O3/c1-16-21(23(30)28(2)14-19-15-31-10-11-32-19)13-26-29(16)24-25-12-18-8-5-7-17-6-3-4-9-20(17)22(18)27-24/h3-4,6,9,12-13,19H,5,7-8,10-11,14-15H2,1-2H3/t19-/m0/s1. The Morgan fingerprint density at radius 3 is 2.88 bits per heavy atom. The van der Waals surface area contributed by atoms with Crippen molar-refractivity contribution in [1.29, 1.82) is 0 Å². The highest BCUT2D eigenvalue weighted by atomic mass is 16.6. The van der Waals surface area contributed by atoms with E-state index in [9.17, 15) is 4.79 Å². The summed E-state index contributed by atoms with van der Waals surface area (Å²) in [4.78, 5) is 24.2. The third-order valence-electron chi connectivity index (χ3n) is 6.16. The van der Waals surface area contributed by atoms with E-state index >= 15 is 0 Å². The molecule has 1 saturated heterocycles. The fraction of sp³-hybridized carbons (Fsp3) is 0.417. The fourth-order valence-corrected chi connectivity index (χ4v) is 4.41. The molecular formula is C24H27N5O3. The van der Waals surface area contributed by atoms with Crippen molar-refractivity contribution < 1.29 is 14.3 Å². The number of fused-ring (bicyclic) bond motifs is 3. The molecule has 3 aromatic rings. The van der Waals surface area contributed by atoms with Gasteiger partial charge >= 0.3 is 0 Å². The number of ether oxygens (including phenoxy) is 2. The molecule has 2 aromatic heterocycles. The quantitative estimate of drug-likeness (QED) is 0.629. The Balaban J connectivity index is 1.43. The number of likely N-dealkylation sites (N-methyl/N-ethyl adjacent to an activating group) is 1. The average Bonchev–Trinajstić information content (AvgIpc) is 3.10. The number of hydrogen-bond acceptors (Lipinski definition) is 6. The Labute approximate surface area is 187 Å². The van der Waals surface area contributed by atoms with Crippen molar-refractivity contribution in [3.8, 4) is 17.2 Å². The van der Waals surface area contributed by atoms with Crippen molar-refractivity contribution in [3.63, 3.8) is 0 Å². The van der Waals surface area contributed by atoms with E-state index in [0.717, 1.165) is 36.1 Å². The minimum absolute atomic E-state index is 0.108. The molecule has 1 amide bonds. The zero-order valence-electron chi connectivity index (χ0n) is 18.5. The van der Waals surface area contributed by atoms with Gasteiger partial charge in [-0.1, -0.05) is 24.3 Å². The molecule has 1 aliphatic heterocycles. The molecule has 1 atom stereocenters. The minimum Gasteiger partial charge on any atom is -0.376 e. The molecule has 0 spiro atoms. The molecule has 1 aromatic carbocycles. The largest absolute Gasteiger partial charge is 0.376 e. The zero-order valence-corrected chi connectivity index (χ0v) is 18.5. The van der Waals surface area contributed by atoms with E-state index in [1.165, 1.54) is 5.56 Å². The highest BCUT2D eigenvalue weighted by Crippen LogP contribution is 2.31. The summed E-state index contributed by atoms with van der Waals surface area (Å²) in [5, 5.41) is 4.45. The van der Waals surface area contributed by atoms with Crippen LogP contribution in [0.15, 0.2) is 36.7 Å². The van der Waals surface area contributed by atoms with Crippen LogP contribution < -0.4 is 0 Å². The van der Waals surface area contributed by atoms with Gasteiger partial charge in [0, 0.05) is 25.4 Å². The normalized spacial score (nSPS) is 17.9. The first kappa shape index (κ1) is 20.8. The second kappa shape index (κ2) is 8.80. The Kier molecular flexibility index (Phi) is 5.71. The van der Waals surface area contributed by atoms with Gasteiger partial charge in [-0.2, -0.15) is 5.10 Å². The molecule has 5 rings (SSSR count). The Bertz CT molecular complexity index is 1140.